The van der Waals surface area contributed by atoms with Crippen molar-refractivity contribution < 1.29 is 137 Å². The molecule has 7 aliphatic rings. The van der Waals surface area contributed by atoms with Crippen LogP contribution in [0.5, 0.6) is 34.5 Å². The van der Waals surface area contributed by atoms with E-state index in [4.69, 9.17) is 39.3 Å². The molecule has 1 amide bonds. The zero-order valence-electron chi connectivity index (χ0n) is 52.5. The topological polar surface area (TPSA) is 496 Å². The number of amides is 1. The number of Topliss-reactive ketones (excluding diaryl/α,β-unsaturated/α-hetero) is 2. The molecule has 4 aromatic carbocycles. The Morgan fingerprint density at radius 2 is 1.01 bits per heavy atom. The molecule has 12 unspecified atom stereocenters. The first kappa shape index (κ1) is 71.6. The number of fused-ring (bicyclic) bond motifs is 6. The van der Waals surface area contributed by atoms with Crippen molar-refractivity contribution in [2.75, 3.05) is 27.4 Å². The van der Waals surface area contributed by atoms with Crippen LogP contribution in [0.15, 0.2) is 36.4 Å². The number of phenolic OH excluding ortho intramolecular Hbond substituents is 4. The van der Waals surface area contributed by atoms with Gasteiger partial charge in [-0.25, -0.2) is 0 Å². The average molecular weight is 1340 g/mol. The number of cyclic esters (lactones) is 2. The number of esters is 2. The maximum Gasteiger partial charge on any atom is 0.313 e. The molecule has 516 valence electrons. The summed E-state index contributed by atoms with van der Waals surface area (Å²) < 4.78 is 38.6. The van der Waals surface area contributed by atoms with Gasteiger partial charge in [-0.15, -0.1) is 0 Å². The predicted octanol–water partition coefficient (Wildman–Crippen LogP) is 1.44. The number of aliphatic carboxylic acids is 1. The zero-order valence-corrected chi connectivity index (χ0v) is 52.5. The van der Waals surface area contributed by atoms with E-state index in [2.05, 4.69) is 10.1 Å². The number of carbonyl (C=O) groups excluding carboxylic acids is 9. The van der Waals surface area contributed by atoms with Gasteiger partial charge in [0.25, 0.3) is 0 Å². The largest absolute Gasteiger partial charge is 0.507 e. The monoisotopic (exact) mass is 1340 g/mol. The molecule has 0 aromatic heterocycles. The van der Waals surface area contributed by atoms with E-state index in [-0.39, 0.29) is 100 Å². The third-order valence-electron chi connectivity index (χ3n) is 18.2. The van der Waals surface area contributed by atoms with Crippen LogP contribution < -0.4 is 20.5 Å². The molecule has 14 N–H and O–H groups in total. The summed E-state index contributed by atoms with van der Waals surface area (Å²) in [6.07, 6.45) is -8.42. The summed E-state index contributed by atoms with van der Waals surface area (Å²) in [6, 6.07) is 7.02. The SMILES string of the molecule is COc1cccc2c1C(=O)c1c(O)c3c(c(O)c1C2=O)CC(O)(C(=O)CO)CC3OC1CC(N)C(O)C(C)O1.COc1cccc2c1C(=O)c1c(O)c3c(c(O)c1C2=O)CC(O)(C(=O)CO)CC3OC1CC(NC(=O)CCCCC(=O)O)C(O)C(C)O1.O=C1CCCCC(=O)O1. The molecule has 3 fully saturated rings. The van der Waals surface area contributed by atoms with Crippen LogP contribution in [0.2, 0.25) is 0 Å². The number of ether oxygens (including phenoxy) is 7. The number of carboxylic acids is 1. The van der Waals surface area contributed by atoms with Crippen LogP contribution >= 0.6 is 0 Å². The van der Waals surface area contributed by atoms with Crippen LogP contribution in [-0.2, 0) is 65.3 Å². The Hall–Kier alpha value is -8.66. The lowest BCUT2D eigenvalue weighted by Gasteiger charge is -2.43. The number of nitrogens with one attached hydrogen (secondary N) is 1. The van der Waals surface area contributed by atoms with Gasteiger partial charge in [-0.05, 0) is 51.7 Å². The zero-order chi connectivity index (χ0) is 70.2. The maximum atomic E-state index is 13.8. The summed E-state index contributed by atoms with van der Waals surface area (Å²) in [5.74, 6) is -10.1. The second-order valence-corrected chi connectivity index (χ2v) is 24.5. The van der Waals surface area contributed by atoms with Gasteiger partial charge in [-0.3, -0.25) is 47.9 Å². The van der Waals surface area contributed by atoms with Crippen molar-refractivity contribution in [3.8, 4) is 34.5 Å². The van der Waals surface area contributed by atoms with Crippen LogP contribution in [0.1, 0.15) is 189 Å². The fourth-order valence-corrected chi connectivity index (χ4v) is 13.2. The molecular formula is C66H74N2O28. The maximum absolute atomic E-state index is 13.8. The minimum absolute atomic E-state index is 0.00247. The molecule has 3 heterocycles. The molecule has 4 aliphatic carbocycles. The Labute approximate surface area is 546 Å². The number of hydrogen-bond donors (Lipinski definition) is 13. The molecule has 3 saturated heterocycles. The smallest absolute Gasteiger partial charge is 0.313 e. The first-order chi connectivity index (χ1) is 45.4. The predicted molar refractivity (Wildman–Crippen MR) is 323 cm³/mol. The number of carbonyl (C=O) groups is 10. The van der Waals surface area contributed by atoms with Crippen molar-refractivity contribution in [2.45, 2.75) is 176 Å². The second-order valence-electron chi connectivity index (χ2n) is 24.5. The fourth-order valence-electron chi connectivity index (χ4n) is 13.2. The van der Waals surface area contributed by atoms with Crippen molar-refractivity contribution in [3.05, 3.63) is 103 Å². The number of aliphatic hydroxyl groups is 6. The van der Waals surface area contributed by atoms with Crippen LogP contribution in [0.25, 0.3) is 0 Å². The van der Waals surface area contributed by atoms with E-state index in [1.54, 1.807) is 6.92 Å². The van der Waals surface area contributed by atoms with Gasteiger partial charge >= 0.3 is 17.9 Å². The fraction of sp³-hybridized carbons (Fsp3) is 0.485. The highest BCUT2D eigenvalue weighted by molar-refractivity contribution is 6.32. The molecule has 0 saturated carbocycles. The van der Waals surface area contributed by atoms with Crippen molar-refractivity contribution in [1.82, 2.24) is 5.32 Å². The summed E-state index contributed by atoms with van der Waals surface area (Å²) in [5, 5.41) is 120. The van der Waals surface area contributed by atoms with Gasteiger partial charge in [0.05, 0.1) is 84.2 Å². The molecule has 0 radical (unpaired) electrons. The molecule has 0 bridgehead atoms. The third kappa shape index (κ3) is 13.9. The number of methoxy groups -OCH3 is 2. The highest BCUT2D eigenvalue weighted by atomic mass is 16.7. The standard InChI is InChI=1S/C33H37NO14.C27H29NO11.C6H8O3/c1-14-28(40)17(34-21(37)8-3-4-9-22(38)39)10-23(47-14)48-19-12-33(45,20(36)13-35)11-16-25(19)32(44)27-26(30(16)42)29(41)15-6-5-7-18(46-2)24(15)31(27)43;1-10-22(31)13(28)6-17(38-10)39-15-8-27(36,16(30)9-29)7-12-19(15)26(35)21-20(24(12)33)23(32)11-4-3-5-14(37-2)18(11)25(21)34;7-5-3-1-2-4-6(8)9-5/h5-7,14,17,19,23,28,35,40,42,44-45H,3-4,8-13H2,1-2H3,(H,34,37)(H,38,39);3-5,10,13,15,17,22,29,31,33,35-36H,6-9,28H2,1-2H3;1-4H2. The number of rotatable bonds is 16. The molecule has 3 aliphatic heterocycles. The molecule has 4 aromatic rings. The van der Waals surface area contributed by atoms with E-state index in [0.29, 0.717) is 19.3 Å². The molecule has 12 atom stereocenters. The summed E-state index contributed by atoms with van der Waals surface area (Å²) in [5.41, 5.74) is -1.69. The summed E-state index contributed by atoms with van der Waals surface area (Å²) in [4.78, 5) is 124. The molecule has 0 spiro atoms. The molecule has 96 heavy (non-hydrogen) atoms. The summed E-state index contributed by atoms with van der Waals surface area (Å²) >= 11 is 0. The summed E-state index contributed by atoms with van der Waals surface area (Å²) in [6.45, 7) is 0.996. The lowest BCUT2D eigenvalue weighted by atomic mass is 9.72. The average Bonchev–Trinajstić information content (AvgIpc) is 0.726. The van der Waals surface area contributed by atoms with Crippen LogP contribution in [0, 0.1) is 0 Å². The van der Waals surface area contributed by atoms with Crippen LogP contribution in [-0.4, -0.2) is 202 Å². The van der Waals surface area contributed by atoms with E-state index in [1.165, 1.54) is 57.5 Å². The Kier molecular flexibility index (Phi) is 21.6. The van der Waals surface area contributed by atoms with Gasteiger partial charge < -0.3 is 100 Å². The molecule has 30 nitrogen and oxygen atoms in total. The van der Waals surface area contributed by atoms with Crippen molar-refractivity contribution in [2.24, 2.45) is 5.73 Å². The third-order valence-corrected chi connectivity index (χ3v) is 18.2. The lowest BCUT2D eigenvalue weighted by Crippen LogP contribution is -2.55. The quantitative estimate of drug-likeness (QED) is 0.0282. The number of aliphatic hydroxyl groups excluding tert-OH is 4. The highest BCUT2D eigenvalue weighted by Crippen LogP contribution is 2.55. The number of aromatic hydroxyl groups is 4. The Morgan fingerprint density at radius 1 is 0.594 bits per heavy atom. The first-order valence-electron chi connectivity index (χ1n) is 30.9. The number of hydrogen-bond acceptors (Lipinski definition) is 28. The van der Waals surface area contributed by atoms with Crippen LogP contribution in [0.3, 0.4) is 0 Å². The first-order valence-corrected chi connectivity index (χ1v) is 30.9. The van der Waals surface area contributed by atoms with Crippen molar-refractivity contribution >= 4 is 58.5 Å². The van der Waals surface area contributed by atoms with Crippen molar-refractivity contribution in [3.63, 3.8) is 0 Å². The van der Waals surface area contributed by atoms with E-state index in [9.17, 15) is 99.0 Å². The minimum Gasteiger partial charge on any atom is -0.507 e. The number of ketones is 6. The molecule has 30 heteroatoms. The van der Waals surface area contributed by atoms with Gasteiger partial charge in [0.1, 0.15) is 65.0 Å². The van der Waals surface area contributed by atoms with Gasteiger partial charge in [0.2, 0.25) is 17.5 Å². The van der Waals surface area contributed by atoms with E-state index in [1.807, 2.05) is 0 Å². The second kappa shape index (κ2) is 29.0. The molecule has 11 rings (SSSR count). The normalized spacial score (nSPS) is 27.2. The number of carboxylic acid groups (broad SMARTS) is 1. The Bertz CT molecular complexity index is 3800. The minimum atomic E-state index is -2.34. The van der Waals surface area contributed by atoms with E-state index in [0.717, 1.165) is 12.8 Å². The number of nitrogens with two attached hydrogens (primary N) is 1. The van der Waals surface area contributed by atoms with Gasteiger partial charge in [0.15, 0.2) is 35.7 Å². The van der Waals surface area contributed by atoms with Gasteiger partial charge in [-0.1, -0.05) is 24.3 Å². The van der Waals surface area contributed by atoms with E-state index >= 15 is 0 Å². The Morgan fingerprint density at radius 3 is 1.43 bits per heavy atom. The van der Waals surface area contributed by atoms with Crippen LogP contribution in [0.4, 0.5) is 0 Å². The number of benzene rings is 4. The van der Waals surface area contributed by atoms with E-state index < -0.39 is 203 Å². The number of unbranched alkanes of at least 4 members (excludes halogenated alkanes) is 1. The molecular weight excluding hydrogens is 1270 g/mol. The summed E-state index contributed by atoms with van der Waals surface area (Å²) in [7, 11) is 2.62. The van der Waals surface area contributed by atoms with Gasteiger partial charge in [0, 0.05) is 104 Å². The van der Waals surface area contributed by atoms with Gasteiger partial charge in [-0.2, -0.15) is 0 Å². The Balaban J connectivity index is 0.000000202. The van der Waals surface area contributed by atoms with Crippen molar-refractivity contribution in [1.29, 1.82) is 0 Å². The highest BCUT2D eigenvalue weighted by Gasteiger charge is 2.53. The lowest BCUT2D eigenvalue weighted by molar-refractivity contribution is -0.249. The number of phenols is 4.